The lowest BCUT2D eigenvalue weighted by Crippen LogP contribution is -2.38. The summed E-state index contributed by atoms with van der Waals surface area (Å²) in [6.07, 6.45) is -2.12. The molecule has 1 aromatic rings. The van der Waals surface area contributed by atoms with E-state index in [4.69, 9.17) is 4.74 Å². The number of carbonyl (C=O) groups is 1. The summed E-state index contributed by atoms with van der Waals surface area (Å²) in [4.78, 5) is 11.9. The highest BCUT2D eigenvalue weighted by Gasteiger charge is 2.26. The van der Waals surface area contributed by atoms with Crippen molar-refractivity contribution in [1.82, 2.24) is 5.32 Å². The molecule has 0 spiro atoms. The highest BCUT2D eigenvalue weighted by Crippen LogP contribution is 2.14. The first-order chi connectivity index (χ1) is 10.8. The number of carbonyl (C=O) groups excluding carboxylic acids is 1. The normalized spacial score (nSPS) is 12.9. The van der Waals surface area contributed by atoms with Gasteiger partial charge in [-0.3, -0.25) is 4.79 Å². The van der Waals surface area contributed by atoms with Gasteiger partial charge in [-0.15, -0.1) is 0 Å². The van der Waals surface area contributed by atoms with Crippen molar-refractivity contribution >= 4 is 15.7 Å². The molecule has 0 saturated carbocycles. The third kappa shape index (κ3) is 6.52. The van der Waals surface area contributed by atoms with Gasteiger partial charge in [0.15, 0.2) is 9.84 Å². The lowest BCUT2D eigenvalue weighted by molar-refractivity contribution is -0.120. The van der Waals surface area contributed by atoms with E-state index in [0.717, 1.165) is 0 Å². The van der Waals surface area contributed by atoms with Crippen LogP contribution in [0.25, 0.3) is 0 Å². The second kappa shape index (κ2) is 8.81. The Balaban J connectivity index is 2.61. The molecule has 0 radical (unpaired) electrons. The van der Waals surface area contributed by atoms with E-state index in [-0.39, 0.29) is 18.0 Å². The fraction of sp³-hybridized carbons (Fsp3) is 0.533. The topological polar surface area (TPSA) is 72.5 Å². The van der Waals surface area contributed by atoms with Gasteiger partial charge in [0.05, 0.1) is 5.75 Å². The van der Waals surface area contributed by atoms with E-state index >= 15 is 0 Å². The number of amides is 1. The molecule has 0 bridgehead atoms. The molecule has 130 valence electrons. The van der Waals surface area contributed by atoms with E-state index in [1.165, 1.54) is 19.1 Å². The maximum Gasteiger partial charge on any atom is 0.272 e. The third-order valence-electron chi connectivity index (χ3n) is 3.14. The van der Waals surface area contributed by atoms with Crippen molar-refractivity contribution < 1.29 is 26.7 Å². The number of hydrogen-bond acceptors (Lipinski definition) is 4. The van der Waals surface area contributed by atoms with Gasteiger partial charge in [-0.2, -0.15) is 0 Å². The Hall–Kier alpha value is -1.70. The van der Waals surface area contributed by atoms with Crippen molar-refractivity contribution in [3.05, 3.63) is 29.8 Å². The van der Waals surface area contributed by atoms with Crippen LogP contribution in [0.3, 0.4) is 0 Å². The zero-order chi connectivity index (χ0) is 17.5. The number of alkyl halides is 2. The van der Waals surface area contributed by atoms with Crippen LogP contribution in [0.1, 0.15) is 25.8 Å². The number of benzene rings is 1. The Morgan fingerprint density at radius 2 is 2.04 bits per heavy atom. The minimum Gasteiger partial charge on any atom is -0.488 e. The molecule has 0 unspecified atom stereocenters. The van der Waals surface area contributed by atoms with Gasteiger partial charge in [-0.25, -0.2) is 17.2 Å². The molecule has 1 N–H and O–H groups in total. The van der Waals surface area contributed by atoms with Crippen LogP contribution < -0.4 is 10.1 Å². The van der Waals surface area contributed by atoms with Crippen LogP contribution in [0.4, 0.5) is 8.78 Å². The van der Waals surface area contributed by atoms with E-state index in [9.17, 15) is 22.0 Å². The van der Waals surface area contributed by atoms with Gasteiger partial charge in [-0.05, 0) is 31.0 Å². The van der Waals surface area contributed by atoms with Crippen molar-refractivity contribution in [2.75, 3.05) is 12.4 Å². The first-order valence-electron chi connectivity index (χ1n) is 7.25. The van der Waals surface area contributed by atoms with E-state index < -0.39 is 34.0 Å². The maximum absolute atomic E-state index is 12.1. The zero-order valence-corrected chi connectivity index (χ0v) is 13.9. The summed E-state index contributed by atoms with van der Waals surface area (Å²) in [5.41, 5.74) is 0.630. The molecule has 8 heteroatoms. The first-order valence-corrected chi connectivity index (χ1v) is 8.97. The monoisotopic (exact) mass is 349 g/mol. The van der Waals surface area contributed by atoms with E-state index in [0.29, 0.717) is 12.0 Å². The molecule has 1 rings (SSSR count). The molecular formula is C15H21F2NO4S. The Bertz CT molecular complexity index is 620. The van der Waals surface area contributed by atoms with Gasteiger partial charge < -0.3 is 10.1 Å². The summed E-state index contributed by atoms with van der Waals surface area (Å²) < 4.78 is 52.8. The standard InChI is InChI=1S/C15H21F2NO4S/c1-3-7-23(20,21)11(2)15(19)18-9-12-5-4-6-13(8-12)22-10-14(16)17/h4-6,8,11,14H,3,7,9-10H2,1-2H3,(H,18,19)/t11-/m1/s1. The molecule has 1 aromatic carbocycles. The van der Waals surface area contributed by atoms with Crippen molar-refractivity contribution in [3.63, 3.8) is 0 Å². The Labute approximate surface area is 134 Å². The maximum atomic E-state index is 12.1. The second-order valence-electron chi connectivity index (χ2n) is 5.08. The zero-order valence-electron chi connectivity index (χ0n) is 13.1. The van der Waals surface area contributed by atoms with E-state index in [1.807, 2.05) is 0 Å². The molecule has 0 aliphatic rings. The Kier molecular flexibility index (Phi) is 7.41. The van der Waals surface area contributed by atoms with Crippen molar-refractivity contribution in [1.29, 1.82) is 0 Å². The second-order valence-corrected chi connectivity index (χ2v) is 7.52. The van der Waals surface area contributed by atoms with Gasteiger partial charge in [0.1, 0.15) is 17.6 Å². The van der Waals surface area contributed by atoms with Gasteiger partial charge in [0, 0.05) is 6.54 Å². The molecule has 0 aliphatic carbocycles. The molecule has 0 aliphatic heterocycles. The number of hydrogen-bond donors (Lipinski definition) is 1. The fourth-order valence-corrected chi connectivity index (χ4v) is 3.19. The number of sulfone groups is 1. The van der Waals surface area contributed by atoms with Crippen molar-refractivity contribution in [3.8, 4) is 5.75 Å². The van der Waals surface area contributed by atoms with Crippen LogP contribution in [0.2, 0.25) is 0 Å². The molecule has 0 saturated heterocycles. The average Bonchev–Trinajstić information content (AvgIpc) is 2.50. The minimum atomic E-state index is -3.46. The summed E-state index contributed by atoms with van der Waals surface area (Å²) in [6, 6.07) is 6.34. The van der Waals surface area contributed by atoms with Gasteiger partial charge in [-0.1, -0.05) is 19.1 Å². The molecule has 1 amide bonds. The Morgan fingerprint density at radius 3 is 2.65 bits per heavy atom. The molecule has 5 nitrogen and oxygen atoms in total. The van der Waals surface area contributed by atoms with Crippen LogP contribution in [0.15, 0.2) is 24.3 Å². The number of nitrogens with one attached hydrogen (secondary N) is 1. The predicted octanol–water partition coefficient (Wildman–Crippen LogP) is 2.16. The molecule has 23 heavy (non-hydrogen) atoms. The number of ether oxygens (including phenoxy) is 1. The summed E-state index contributed by atoms with van der Waals surface area (Å²) in [5.74, 6) is -0.362. The lowest BCUT2D eigenvalue weighted by atomic mass is 10.2. The smallest absolute Gasteiger partial charge is 0.272 e. The minimum absolute atomic E-state index is 0.0431. The summed E-state index contributed by atoms with van der Waals surface area (Å²) in [7, 11) is -3.46. The largest absolute Gasteiger partial charge is 0.488 e. The van der Waals surface area contributed by atoms with Crippen LogP contribution in [-0.4, -0.2) is 38.4 Å². The van der Waals surface area contributed by atoms with Crippen LogP contribution >= 0.6 is 0 Å². The van der Waals surface area contributed by atoms with Crippen molar-refractivity contribution in [2.45, 2.75) is 38.5 Å². The van der Waals surface area contributed by atoms with Crippen LogP contribution in [0.5, 0.6) is 5.75 Å². The van der Waals surface area contributed by atoms with Gasteiger partial charge in [0.2, 0.25) is 5.91 Å². The molecule has 0 fully saturated rings. The summed E-state index contributed by atoms with van der Waals surface area (Å²) in [6.45, 7) is 2.47. The third-order valence-corrected chi connectivity index (χ3v) is 5.41. The number of rotatable bonds is 9. The van der Waals surface area contributed by atoms with Crippen LogP contribution in [0, 0.1) is 0 Å². The highest BCUT2D eigenvalue weighted by molar-refractivity contribution is 7.92. The SMILES string of the molecule is CCCS(=O)(=O)[C@H](C)C(=O)NCc1cccc(OCC(F)F)c1. The first kappa shape index (κ1) is 19.3. The van der Waals surface area contributed by atoms with Crippen molar-refractivity contribution in [2.24, 2.45) is 0 Å². The van der Waals surface area contributed by atoms with Gasteiger partial charge in [0.25, 0.3) is 6.43 Å². The molecule has 0 aromatic heterocycles. The van der Waals surface area contributed by atoms with E-state index in [2.05, 4.69) is 5.32 Å². The fourth-order valence-electron chi connectivity index (χ4n) is 1.86. The van der Waals surface area contributed by atoms with E-state index in [1.54, 1.807) is 19.1 Å². The highest BCUT2D eigenvalue weighted by atomic mass is 32.2. The lowest BCUT2D eigenvalue weighted by Gasteiger charge is -2.13. The average molecular weight is 349 g/mol. The summed E-state index contributed by atoms with van der Waals surface area (Å²) in [5, 5.41) is 1.41. The summed E-state index contributed by atoms with van der Waals surface area (Å²) >= 11 is 0. The van der Waals surface area contributed by atoms with Gasteiger partial charge >= 0.3 is 0 Å². The number of halogens is 2. The quantitative estimate of drug-likeness (QED) is 0.741. The Morgan fingerprint density at radius 1 is 1.35 bits per heavy atom. The molecule has 1 atom stereocenters. The molecule has 0 heterocycles. The predicted molar refractivity (Wildman–Crippen MR) is 83.3 cm³/mol. The molecular weight excluding hydrogens is 328 g/mol. The van der Waals surface area contributed by atoms with Crippen LogP contribution in [-0.2, 0) is 21.2 Å².